The first-order chi connectivity index (χ1) is 10.4. The average Bonchev–Trinajstić information content (AvgIpc) is 2.96. The van der Waals surface area contributed by atoms with E-state index < -0.39 is 10.0 Å². The van der Waals surface area contributed by atoms with Gasteiger partial charge in [0.05, 0.1) is 18.0 Å². The Morgan fingerprint density at radius 1 is 1.36 bits per heavy atom. The summed E-state index contributed by atoms with van der Waals surface area (Å²) < 4.78 is 30.4. The highest BCUT2D eigenvalue weighted by Gasteiger charge is 2.22. The third kappa shape index (κ3) is 4.71. The second-order valence-electron chi connectivity index (χ2n) is 5.54. The number of anilines is 1. The van der Waals surface area contributed by atoms with Crippen LogP contribution in [-0.4, -0.2) is 46.4 Å². The van der Waals surface area contributed by atoms with Gasteiger partial charge in [0.15, 0.2) is 0 Å². The molecule has 2 rings (SSSR count). The molecule has 1 saturated heterocycles. The van der Waals surface area contributed by atoms with Gasteiger partial charge in [-0.15, -0.1) is 0 Å². The summed E-state index contributed by atoms with van der Waals surface area (Å²) in [6, 6.07) is 7.03. The normalized spacial score (nSPS) is 18.2. The Morgan fingerprint density at radius 3 is 2.59 bits per heavy atom. The van der Waals surface area contributed by atoms with Crippen LogP contribution in [0.15, 0.2) is 24.3 Å². The first-order valence-corrected chi connectivity index (χ1v) is 9.14. The van der Waals surface area contributed by atoms with Crippen LogP contribution in [0.25, 0.3) is 0 Å². The van der Waals surface area contributed by atoms with Crippen LogP contribution in [0.3, 0.4) is 0 Å². The van der Waals surface area contributed by atoms with Gasteiger partial charge < -0.3 is 10.1 Å². The van der Waals surface area contributed by atoms with Crippen LogP contribution >= 0.6 is 0 Å². The quantitative estimate of drug-likeness (QED) is 0.848. The third-order valence-corrected chi connectivity index (χ3v) is 4.70. The van der Waals surface area contributed by atoms with Crippen LogP contribution in [0.1, 0.15) is 18.4 Å². The topological polar surface area (TPSA) is 75.7 Å². The lowest BCUT2D eigenvalue weighted by Gasteiger charge is -2.22. The van der Waals surface area contributed by atoms with E-state index in [-0.39, 0.29) is 18.6 Å². The van der Waals surface area contributed by atoms with Crippen molar-refractivity contribution in [2.45, 2.75) is 25.9 Å². The van der Waals surface area contributed by atoms with Crippen LogP contribution in [0.2, 0.25) is 0 Å². The molecule has 1 N–H and O–H groups in total. The molecule has 0 saturated carbocycles. The molecular formula is C15H22N2O4S. The maximum Gasteiger partial charge on any atom is 0.240 e. The van der Waals surface area contributed by atoms with E-state index in [0.29, 0.717) is 12.2 Å². The number of benzene rings is 1. The molecule has 6 nitrogen and oxygen atoms in total. The zero-order valence-electron chi connectivity index (χ0n) is 12.9. The minimum Gasteiger partial charge on any atom is -0.376 e. The largest absolute Gasteiger partial charge is 0.376 e. The highest BCUT2D eigenvalue weighted by molar-refractivity contribution is 7.92. The Kier molecular flexibility index (Phi) is 5.42. The summed E-state index contributed by atoms with van der Waals surface area (Å²) in [5, 5.41) is 2.74. The minimum atomic E-state index is -3.52. The predicted octanol–water partition coefficient (Wildman–Crippen LogP) is 1.06. The lowest BCUT2D eigenvalue weighted by Crippen LogP contribution is -2.42. The van der Waals surface area contributed by atoms with Gasteiger partial charge in [0, 0.05) is 13.2 Å². The molecule has 22 heavy (non-hydrogen) atoms. The Bertz CT molecular complexity index is 607. The molecule has 1 aromatic rings. The molecule has 0 spiro atoms. The van der Waals surface area contributed by atoms with Gasteiger partial charge in [0.1, 0.15) is 6.54 Å². The van der Waals surface area contributed by atoms with Gasteiger partial charge in [-0.25, -0.2) is 8.42 Å². The number of amides is 1. The molecule has 1 aliphatic rings. The van der Waals surface area contributed by atoms with E-state index in [1.807, 2.05) is 19.1 Å². The fourth-order valence-electron chi connectivity index (χ4n) is 2.33. The number of ether oxygens (including phenoxy) is 1. The second-order valence-corrected chi connectivity index (χ2v) is 7.45. The van der Waals surface area contributed by atoms with Crippen molar-refractivity contribution in [3.05, 3.63) is 29.8 Å². The van der Waals surface area contributed by atoms with Crippen LogP contribution in [0.4, 0.5) is 5.69 Å². The van der Waals surface area contributed by atoms with E-state index in [0.717, 1.165) is 35.6 Å². The Labute approximate surface area is 131 Å². The van der Waals surface area contributed by atoms with Crippen LogP contribution in [-0.2, 0) is 19.6 Å². The summed E-state index contributed by atoms with van der Waals surface area (Å²) in [7, 11) is -3.52. The Hall–Kier alpha value is -1.60. The molecule has 0 radical (unpaired) electrons. The summed E-state index contributed by atoms with van der Waals surface area (Å²) in [4.78, 5) is 12.0. The number of rotatable bonds is 6. The van der Waals surface area contributed by atoms with Crippen molar-refractivity contribution in [3.8, 4) is 0 Å². The highest BCUT2D eigenvalue weighted by Crippen LogP contribution is 2.18. The van der Waals surface area contributed by atoms with E-state index in [4.69, 9.17) is 4.74 Å². The molecule has 1 atom stereocenters. The molecule has 1 aromatic carbocycles. The smallest absolute Gasteiger partial charge is 0.240 e. The zero-order chi connectivity index (χ0) is 16.2. The van der Waals surface area contributed by atoms with Crippen LogP contribution in [0, 0.1) is 6.92 Å². The van der Waals surface area contributed by atoms with E-state index in [2.05, 4.69) is 5.32 Å². The number of sulfonamides is 1. The van der Waals surface area contributed by atoms with Crippen molar-refractivity contribution < 1.29 is 17.9 Å². The monoisotopic (exact) mass is 326 g/mol. The average molecular weight is 326 g/mol. The van der Waals surface area contributed by atoms with Gasteiger partial charge in [-0.05, 0) is 31.9 Å². The van der Waals surface area contributed by atoms with Gasteiger partial charge in [0.25, 0.3) is 0 Å². The van der Waals surface area contributed by atoms with Crippen LogP contribution < -0.4 is 9.62 Å². The molecule has 1 heterocycles. The number of nitrogens with zero attached hydrogens (tertiary/aromatic N) is 1. The van der Waals surface area contributed by atoms with E-state index >= 15 is 0 Å². The van der Waals surface area contributed by atoms with E-state index in [1.54, 1.807) is 12.1 Å². The van der Waals surface area contributed by atoms with Gasteiger partial charge in [0.2, 0.25) is 15.9 Å². The summed E-state index contributed by atoms with van der Waals surface area (Å²) in [6.45, 7) is 2.83. The summed E-state index contributed by atoms with van der Waals surface area (Å²) in [5.41, 5.74) is 1.51. The predicted molar refractivity (Wildman–Crippen MR) is 85.4 cm³/mol. The summed E-state index contributed by atoms with van der Waals surface area (Å²) >= 11 is 0. The first-order valence-electron chi connectivity index (χ1n) is 7.29. The number of nitrogens with one attached hydrogen (secondary N) is 1. The molecule has 1 aliphatic heterocycles. The fourth-order valence-corrected chi connectivity index (χ4v) is 3.19. The maximum absolute atomic E-state index is 12.0. The molecule has 7 heteroatoms. The molecule has 1 amide bonds. The van der Waals surface area contributed by atoms with Gasteiger partial charge >= 0.3 is 0 Å². The van der Waals surface area contributed by atoms with Gasteiger partial charge in [-0.2, -0.15) is 0 Å². The molecule has 0 aromatic heterocycles. The second kappa shape index (κ2) is 7.11. The summed E-state index contributed by atoms with van der Waals surface area (Å²) in [5.74, 6) is -0.332. The number of carbonyl (C=O) groups is 1. The van der Waals surface area contributed by atoms with Crippen molar-refractivity contribution in [2.24, 2.45) is 0 Å². The van der Waals surface area contributed by atoms with Gasteiger partial charge in [-0.1, -0.05) is 17.7 Å². The standard InChI is InChI=1S/C15H22N2O4S/c1-12-5-7-13(8-6-12)17(22(2,19)20)11-15(18)16-10-14-4-3-9-21-14/h5-8,14H,3-4,9-11H2,1-2H3,(H,16,18)/t14-/m1/s1. The number of hydrogen-bond donors (Lipinski definition) is 1. The molecule has 0 aliphatic carbocycles. The molecule has 0 bridgehead atoms. The maximum atomic E-state index is 12.0. The Balaban J connectivity index is 2.00. The first kappa shape index (κ1) is 16.8. The van der Waals surface area contributed by atoms with E-state index in [1.165, 1.54) is 0 Å². The number of aryl methyl sites for hydroxylation is 1. The van der Waals surface area contributed by atoms with E-state index in [9.17, 15) is 13.2 Å². The van der Waals surface area contributed by atoms with Crippen molar-refractivity contribution in [2.75, 3.05) is 30.3 Å². The number of carbonyl (C=O) groups excluding carboxylic acids is 1. The van der Waals surface area contributed by atoms with Crippen molar-refractivity contribution >= 4 is 21.6 Å². The minimum absolute atomic E-state index is 0.0370. The zero-order valence-corrected chi connectivity index (χ0v) is 13.7. The number of hydrogen-bond acceptors (Lipinski definition) is 4. The molecule has 1 fully saturated rings. The van der Waals surface area contributed by atoms with Crippen molar-refractivity contribution in [3.63, 3.8) is 0 Å². The van der Waals surface area contributed by atoms with Gasteiger partial charge in [-0.3, -0.25) is 9.10 Å². The lowest BCUT2D eigenvalue weighted by atomic mass is 10.2. The molecule has 0 unspecified atom stereocenters. The van der Waals surface area contributed by atoms with Crippen molar-refractivity contribution in [1.82, 2.24) is 5.32 Å². The highest BCUT2D eigenvalue weighted by atomic mass is 32.2. The fraction of sp³-hybridized carbons (Fsp3) is 0.533. The SMILES string of the molecule is Cc1ccc(N(CC(=O)NC[C@H]2CCCO2)S(C)(=O)=O)cc1. The lowest BCUT2D eigenvalue weighted by molar-refractivity contribution is -0.120. The van der Waals surface area contributed by atoms with Crippen LogP contribution in [0.5, 0.6) is 0 Å². The third-order valence-electron chi connectivity index (χ3n) is 3.56. The Morgan fingerprint density at radius 2 is 2.05 bits per heavy atom. The molecule has 122 valence electrons. The molecular weight excluding hydrogens is 304 g/mol. The summed E-state index contributed by atoms with van der Waals surface area (Å²) in [6.07, 6.45) is 3.06. The van der Waals surface area contributed by atoms with Crippen molar-refractivity contribution in [1.29, 1.82) is 0 Å².